The Morgan fingerprint density at radius 2 is 1.74 bits per heavy atom. The van der Waals surface area contributed by atoms with Crippen molar-refractivity contribution in [3.63, 3.8) is 0 Å². The number of nitrogens with one attached hydrogen (secondary N) is 2. The first-order valence-electron chi connectivity index (χ1n) is 17.4. The summed E-state index contributed by atoms with van der Waals surface area (Å²) in [6.45, 7) is 16.1. The van der Waals surface area contributed by atoms with Gasteiger partial charge in [0.1, 0.15) is 23.5 Å². The molecular formula is C36H58N2O8. The molecule has 10 nitrogen and oxygen atoms in total. The Morgan fingerprint density at radius 1 is 1.07 bits per heavy atom. The summed E-state index contributed by atoms with van der Waals surface area (Å²) in [6.07, 6.45) is 5.13. The highest BCUT2D eigenvalue weighted by Gasteiger charge is 2.70. The third-order valence-corrected chi connectivity index (χ3v) is 12.3. The fourth-order valence-electron chi connectivity index (χ4n) is 10.2. The predicted octanol–water partition coefficient (Wildman–Crippen LogP) is 4.99. The summed E-state index contributed by atoms with van der Waals surface area (Å²) in [5, 5.41) is 15.7. The maximum atomic E-state index is 15.1. The van der Waals surface area contributed by atoms with Crippen molar-refractivity contribution in [2.45, 2.75) is 137 Å². The number of carbonyl (C=O) groups excluding carboxylic acids is 5. The molecule has 0 bridgehead atoms. The highest BCUT2D eigenvalue weighted by Crippen LogP contribution is 2.68. The normalized spacial score (nSPS) is 38.3. The van der Waals surface area contributed by atoms with E-state index in [1.165, 1.54) is 6.92 Å². The Hall–Kier alpha value is -2.49. The summed E-state index contributed by atoms with van der Waals surface area (Å²) in [7, 11) is 0. The maximum Gasteiger partial charge on any atom is 0.408 e. The molecule has 2 amide bonds. The van der Waals surface area contributed by atoms with Gasteiger partial charge in [0, 0.05) is 24.7 Å². The van der Waals surface area contributed by atoms with E-state index in [2.05, 4.69) is 31.4 Å². The van der Waals surface area contributed by atoms with Crippen molar-refractivity contribution >= 4 is 29.5 Å². The quantitative estimate of drug-likeness (QED) is 0.297. The van der Waals surface area contributed by atoms with Crippen LogP contribution in [0.5, 0.6) is 0 Å². The van der Waals surface area contributed by atoms with Gasteiger partial charge < -0.3 is 30.0 Å². The molecule has 0 radical (unpaired) electrons. The van der Waals surface area contributed by atoms with Crippen LogP contribution in [0.25, 0.3) is 0 Å². The van der Waals surface area contributed by atoms with Gasteiger partial charge in [-0.15, -0.1) is 0 Å². The van der Waals surface area contributed by atoms with Crippen molar-refractivity contribution in [1.29, 1.82) is 0 Å². The zero-order chi connectivity index (χ0) is 34.4. The zero-order valence-corrected chi connectivity index (χ0v) is 29.4. The van der Waals surface area contributed by atoms with Gasteiger partial charge >= 0.3 is 12.1 Å². The second kappa shape index (κ2) is 13.6. The first kappa shape index (κ1) is 36.3. The van der Waals surface area contributed by atoms with Crippen LogP contribution in [-0.4, -0.2) is 65.0 Å². The summed E-state index contributed by atoms with van der Waals surface area (Å²) >= 11 is 0. The third-order valence-electron chi connectivity index (χ3n) is 12.3. The largest absolute Gasteiger partial charge is 0.462 e. The molecule has 4 aliphatic carbocycles. The minimum atomic E-state index is -1.32. The smallest absolute Gasteiger partial charge is 0.408 e. The summed E-state index contributed by atoms with van der Waals surface area (Å²) in [5.74, 6) is -0.582. The molecule has 260 valence electrons. The van der Waals surface area contributed by atoms with Crippen LogP contribution < -0.4 is 10.6 Å². The topological polar surface area (TPSA) is 148 Å². The molecule has 4 aliphatic rings. The van der Waals surface area contributed by atoms with E-state index in [-0.39, 0.29) is 64.6 Å². The maximum absolute atomic E-state index is 15.1. The van der Waals surface area contributed by atoms with Crippen LogP contribution in [0, 0.1) is 52.3 Å². The number of aliphatic hydroxyl groups excluding tert-OH is 1. The predicted molar refractivity (Wildman–Crippen MR) is 172 cm³/mol. The number of hydrogen-bond donors (Lipinski definition) is 3. The van der Waals surface area contributed by atoms with Gasteiger partial charge in [0.25, 0.3) is 0 Å². The number of ketones is 2. The van der Waals surface area contributed by atoms with Crippen molar-refractivity contribution in [2.75, 3.05) is 6.61 Å². The molecule has 0 aromatic carbocycles. The molecule has 4 rings (SSSR count). The lowest BCUT2D eigenvalue weighted by molar-refractivity contribution is -0.199. The van der Waals surface area contributed by atoms with Gasteiger partial charge in [-0.1, -0.05) is 34.1 Å². The SMILES string of the molecule is CC(=O)CC[C@@H](C)C1CCC2C3C([C@H](NC(=O)C(CO)NC(=O)OC(C)(C)C)C(=O)[C@@]21C)[C@@]1(C)CC[C@@H](C)C[C@H]1C[C@H]3OC(C)=O. The molecule has 12 atom stereocenters. The molecule has 0 aliphatic heterocycles. The molecule has 10 heteroatoms. The number of amides is 2. The lowest BCUT2D eigenvalue weighted by Gasteiger charge is -2.64. The fraction of sp³-hybridized carbons (Fsp3) is 0.861. The number of fused-ring (bicyclic) bond motifs is 5. The lowest BCUT2D eigenvalue weighted by atomic mass is 9.41. The highest BCUT2D eigenvalue weighted by atomic mass is 16.6. The molecule has 4 fully saturated rings. The van der Waals surface area contributed by atoms with Gasteiger partial charge in [0.2, 0.25) is 5.91 Å². The number of Topliss-reactive ketones (excluding diaryl/α,β-unsaturated/α-hetero) is 2. The van der Waals surface area contributed by atoms with E-state index < -0.39 is 41.7 Å². The van der Waals surface area contributed by atoms with E-state index in [9.17, 15) is 24.3 Å². The zero-order valence-electron chi connectivity index (χ0n) is 29.4. The fourth-order valence-corrected chi connectivity index (χ4v) is 10.2. The van der Waals surface area contributed by atoms with Gasteiger partial charge in [-0.2, -0.15) is 0 Å². The van der Waals surface area contributed by atoms with Crippen molar-refractivity contribution in [1.82, 2.24) is 10.6 Å². The average Bonchev–Trinajstić information content (AvgIpc) is 3.30. The minimum Gasteiger partial charge on any atom is -0.462 e. The number of aliphatic hydroxyl groups is 1. The number of ether oxygens (including phenoxy) is 2. The number of rotatable bonds is 9. The second-order valence-corrected chi connectivity index (χ2v) is 16.6. The average molecular weight is 647 g/mol. The van der Waals surface area contributed by atoms with E-state index in [1.54, 1.807) is 27.7 Å². The number of alkyl carbamates (subject to hydrolysis) is 1. The molecule has 4 saturated carbocycles. The first-order chi connectivity index (χ1) is 21.3. The van der Waals surface area contributed by atoms with Crippen molar-refractivity contribution < 1.29 is 38.6 Å². The van der Waals surface area contributed by atoms with Crippen LogP contribution in [0.2, 0.25) is 0 Å². The van der Waals surface area contributed by atoms with Crippen molar-refractivity contribution in [3.8, 4) is 0 Å². The van der Waals surface area contributed by atoms with Crippen LogP contribution in [0.4, 0.5) is 4.79 Å². The van der Waals surface area contributed by atoms with E-state index in [0.717, 1.165) is 38.5 Å². The van der Waals surface area contributed by atoms with Gasteiger partial charge in [-0.3, -0.25) is 14.4 Å². The van der Waals surface area contributed by atoms with E-state index in [0.29, 0.717) is 18.8 Å². The molecule has 46 heavy (non-hydrogen) atoms. The Labute approximate surface area is 274 Å². The molecule has 0 spiro atoms. The van der Waals surface area contributed by atoms with Crippen LogP contribution in [0.15, 0.2) is 0 Å². The Balaban J connectivity index is 1.78. The van der Waals surface area contributed by atoms with Crippen LogP contribution in [0.1, 0.15) is 114 Å². The van der Waals surface area contributed by atoms with Gasteiger partial charge in [0.15, 0.2) is 5.78 Å². The van der Waals surface area contributed by atoms with Gasteiger partial charge in [-0.25, -0.2) is 4.79 Å². The van der Waals surface area contributed by atoms with Gasteiger partial charge in [0.05, 0.1) is 12.6 Å². The van der Waals surface area contributed by atoms with Crippen LogP contribution in [0.3, 0.4) is 0 Å². The lowest BCUT2D eigenvalue weighted by Crippen LogP contribution is -2.71. The van der Waals surface area contributed by atoms with Crippen molar-refractivity contribution in [3.05, 3.63) is 0 Å². The number of carbonyl (C=O) groups is 5. The Bertz CT molecular complexity index is 1200. The molecular weight excluding hydrogens is 588 g/mol. The Morgan fingerprint density at radius 3 is 2.33 bits per heavy atom. The number of esters is 1. The summed E-state index contributed by atoms with van der Waals surface area (Å²) in [4.78, 5) is 66.1. The second-order valence-electron chi connectivity index (χ2n) is 16.6. The molecule has 5 unspecified atom stereocenters. The van der Waals surface area contributed by atoms with E-state index >= 15 is 4.79 Å². The highest BCUT2D eigenvalue weighted by molar-refractivity contribution is 5.96. The van der Waals surface area contributed by atoms with Gasteiger partial charge in [-0.05, 0) is 107 Å². The van der Waals surface area contributed by atoms with E-state index in [4.69, 9.17) is 9.47 Å². The standard InChI is InChI=1S/C36H58N2O8/c1-19-14-15-35(8)23(16-19)17-27(45-22(4)41)28-25-13-12-24(20(2)10-11-21(3)40)36(25,9)31(42)30(29(28)35)38-32(43)26(18-39)37-33(44)46-34(5,6)7/h19-20,23-30,39H,10-18H2,1-9H3,(H,37,44)(H,38,43)/t19-,20-,23+,24?,25?,26?,27-,28?,29?,30+,35+,36-/m1/s1. The summed E-state index contributed by atoms with van der Waals surface area (Å²) in [5.41, 5.74) is -1.90. The number of hydrogen-bond acceptors (Lipinski definition) is 8. The molecule has 0 saturated heterocycles. The molecule has 3 N–H and O–H groups in total. The molecule has 0 aromatic heterocycles. The Kier molecular flexibility index (Phi) is 10.7. The van der Waals surface area contributed by atoms with E-state index in [1.807, 2.05) is 6.92 Å². The summed E-state index contributed by atoms with van der Waals surface area (Å²) < 4.78 is 11.5. The van der Waals surface area contributed by atoms with Crippen LogP contribution >= 0.6 is 0 Å². The monoisotopic (exact) mass is 646 g/mol. The third kappa shape index (κ3) is 7.02. The van der Waals surface area contributed by atoms with Crippen LogP contribution in [-0.2, 0) is 28.7 Å². The molecule has 0 aromatic rings. The molecule has 0 heterocycles. The first-order valence-corrected chi connectivity index (χ1v) is 17.4. The summed E-state index contributed by atoms with van der Waals surface area (Å²) in [6, 6.07) is -2.21. The minimum absolute atomic E-state index is 0.00638. The van der Waals surface area contributed by atoms with Crippen molar-refractivity contribution in [2.24, 2.45) is 52.3 Å².